The molecule has 0 atom stereocenters. The fourth-order valence-corrected chi connectivity index (χ4v) is 3.23. The van der Waals surface area contributed by atoms with Gasteiger partial charge in [0.15, 0.2) is 23.9 Å². The Hall–Kier alpha value is -2.86. The Balaban J connectivity index is 1.49. The van der Waals surface area contributed by atoms with Gasteiger partial charge in [-0.1, -0.05) is 30.3 Å². The third-order valence-corrected chi connectivity index (χ3v) is 4.90. The van der Waals surface area contributed by atoms with Crippen molar-refractivity contribution < 1.29 is 19.1 Å². The predicted octanol–water partition coefficient (Wildman–Crippen LogP) is 2.62. The summed E-state index contributed by atoms with van der Waals surface area (Å²) in [6.07, 6.45) is 0. The van der Waals surface area contributed by atoms with E-state index >= 15 is 0 Å². The summed E-state index contributed by atoms with van der Waals surface area (Å²) in [6.45, 7) is 5.42. The molecule has 0 aliphatic carbocycles. The molecule has 0 saturated carbocycles. The number of rotatable bonds is 7. The van der Waals surface area contributed by atoms with Crippen LogP contribution in [-0.2, 0) is 11.3 Å². The highest BCUT2D eigenvalue weighted by molar-refractivity contribution is 5.94. The zero-order valence-electron chi connectivity index (χ0n) is 16.4. The number of carbonyl (C=O) groups excluding carboxylic acids is 2. The lowest BCUT2D eigenvalue weighted by Crippen LogP contribution is -2.49. The molecule has 1 aliphatic heterocycles. The van der Waals surface area contributed by atoms with E-state index in [2.05, 4.69) is 17.0 Å². The maximum absolute atomic E-state index is 12.5. The average molecular weight is 382 g/mol. The summed E-state index contributed by atoms with van der Waals surface area (Å²) in [5.74, 6) is 0.822. The topological polar surface area (TPSA) is 59.1 Å². The quantitative estimate of drug-likeness (QED) is 0.689. The molecule has 6 heteroatoms. The SMILES string of the molecule is COc1cc(C(C)=O)ccc1OCC(=O)N1CCN(Cc2ccccc2)CC1. The minimum atomic E-state index is -0.0472. The molecule has 2 aromatic rings. The lowest BCUT2D eigenvalue weighted by molar-refractivity contribution is -0.135. The molecule has 1 heterocycles. The van der Waals surface area contributed by atoms with Crippen LogP contribution in [0.1, 0.15) is 22.8 Å². The first-order valence-corrected chi connectivity index (χ1v) is 9.42. The van der Waals surface area contributed by atoms with E-state index in [1.807, 2.05) is 23.1 Å². The largest absolute Gasteiger partial charge is 0.493 e. The van der Waals surface area contributed by atoms with Gasteiger partial charge in [-0.2, -0.15) is 0 Å². The molecule has 2 aromatic carbocycles. The Bertz CT molecular complexity index is 815. The molecule has 1 saturated heterocycles. The van der Waals surface area contributed by atoms with E-state index in [1.165, 1.54) is 19.6 Å². The fourth-order valence-electron chi connectivity index (χ4n) is 3.23. The van der Waals surface area contributed by atoms with Gasteiger partial charge >= 0.3 is 0 Å². The van der Waals surface area contributed by atoms with Crippen LogP contribution in [0.15, 0.2) is 48.5 Å². The average Bonchev–Trinajstić information content (AvgIpc) is 2.73. The Morgan fingerprint density at radius 1 is 0.964 bits per heavy atom. The van der Waals surface area contributed by atoms with E-state index in [0.717, 1.165) is 19.6 Å². The second kappa shape index (κ2) is 9.37. The van der Waals surface area contributed by atoms with Crippen LogP contribution in [0.5, 0.6) is 11.5 Å². The van der Waals surface area contributed by atoms with Gasteiger partial charge < -0.3 is 14.4 Å². The number of nitrogens with zero attached hydrogens (tertiary/aromatic N) is 2. The van der Waals surface area contributed by atoms with Crippen molar-refractivity contribution in [3.05, 3.63) is 59.7 Å². The third kappa shape index (κ3) is 5.10. The van der Waals surface area contributed by atoms with Gasteiger partial charge in [0.05, 0.1) is 7.11 Å². The Kier molecular flexibility index (Phi) is 6.66. The molecular formula is C22H26N2O4. The molecule has 6 nitrogen and oxygen atoms in total. The molecule has 0 radical (unpaired) electrons. The van der Waals surface area contributed by atoms with Crippen LogP contribution in [0.4, 0.5) is 0 Å². The van der Waals surface area contributed by atoms with Crippen molar-refractivity contribution in [3.63, 3.8) is 0 Å². The summed E-state index contributed by atoms with van der Waals surface area (Å²) in [4.78, 5) is 28.2. The lowest BCUT2D eigenvalue weighted by atomic mass is 10.1. The van der Waals surface area contributed by atoms with Crippen LogP contribution in [0.25, 0.3) is 0 Å². The van der Waals surface area contributed by atoms with Gasteiger partial charge in [0.1, 0.15) is 0 Å². The molecule has 0 unspecified atom stereocenters. The number of carbonyl (C=O) groups is 2. The molecule has 0 aromatic heterocycles. The van der Waals surface area contributed by atoms with Crippen molar-refractivity contribution >= 4 is 11.7 Å². The number of benzene rings is 2. The maximum Gasteiger partial charge on any atom is 0.260 e. The number of amides is 1. The molecule has 0 spiro atoms. The zero-order chi connectivity index (χ0) is 19.9. The van der Waals surface area contributed by atoms with Crippen LogP contribution in [0, 0.1) is 0 Å². The van der Waals surface area contributed by atoms with E-state index in [1.54, 1.807) is 18.2 Å². The monoisotopic (exact) mass is 382 g/mol. The van der Waals surface area contributed by atoms with Gasteiger partial charge in [0.2, 0.25) is 0 Å². The Labute approximate surface area is 165 Å². The highest BCUT2D eigenvalue weighted by Crippen LogP contribution is 2.28. The minimum absolute atomic E-state index is 0.0444. The molecule has 1 aliphatic rings. The number of hydrogen-bond acceptors (Lipinski definition) is 5. The molecule has 0 N–H and O–H groups in total. The van der Waals surface area contributed by atoms with Gasteiger partial charge in [-0.3, -0.25) is 14.5 Å². The first-order valence-electron chi connectivity index (χ1n) is 9.42. The molecule has 28 heavy (non-hydrogen) atoms. The third-order valence-electron chi connectivity index (χ3n) is 4.90. The highest BCUT2D eigenvalue weighted by Gasteiger charge is 2.22. The molecule has 3 rings (SSSR count). The molecular weight excluding hydrogens is 356 g/mol. The van der Waals surface area contributed by atoms with E-state index in [-0.39, 0.29) is 18.3 Å². The number of methoxy groups -OCH3 is 1. The summed E-state index contributed by atoms with van der Waals surface area (Å²) in [7, 11) is 1.51. The Morgan fingerprint density at radius 2 is 1.68 bits per heavy atom. The molecule has 0 bridgehead atoms. The second-order valence-electron chi connectivity index (χ2n) is 6.85. The summed E-state index contributed by atoms with van der Waals surface area (Å²) < 4.78 is 10.9. The predicted molar refractivity (Wildman–Crippen MR) is 107 cm³/mol. The first-order chi connectivity index (χ1) is 13.6. The first kappa shape index (κ1) is 19.9. The number of ketones is 1. The van der Waals surface area contributed by atoms with E-state index in [0.29, 0.717) is 30.2 Å². The van der Waals surface area contributed by atoms with Crippen molar-refractivity contribution in [2.45, 2.75) is 13.5 Å². The van der Waals surface area contributed by atoms with Crippen molar-refractivity contribution in [1.29, 1.82) is 0 Å². The van der Waals surface area contributed by atoms with E-state index < -0.39 is 0 Å². The molecule has 148 valence electrons. The summed E-state index contributed by atoms with van der Waals surface area (Å²) in [6, 6.07) is 15.3. The van der Waals surface area contributed by atoms with Crippen LogP contribution in [-0.4, -0.2) is 61.4 Å². The van der Waals surface area contributed by atoms with Crippen LogP contribution < -0.4 is 9.47 Å². The Morgan fingerprint density at radius 3 is 2.32 bits per heavy atom. The van der Waals surface area contributed by atoms with Crippen molar-refractivity contribution in [2.75, 3.05) is 39.9 Å². The number of hydrogen-bond donors (Lipinski definition) is 0. The highest BCUT2D eigenvalue weighted by atomic mass is 16.5. The van der Waals surface area contributed by atoms with Crippen LogP contribution in [0.2, 0.25) is 0 Å². The number of ether oxygens (including phenoxy) is 2. The number of Topliss-reactive ketones (excluding diaryl/α,β-unsaturated/α-hetero) is 1. The van der Waals surface area contributed by atoms with E-state index in [4.69, 9.17) is 9.47 Å². The van der Waals surface area contributed by atoms with Crippen molar-refractivity contribution in [2.24, 2.45) is 0 Å². The van der Waals surface area contributed by atoms with Crippen molar-refractivity contribution in [1.82, 2.24) is 9.80 Å². The summed E-state index contributed by atoms with van der Waals surface area (Å²) >= 11 is 0. The maximum atomic E-state index is 12.5. The van der Waals surface area contributed by atoms with Gasteiger partial charge in [0, 0.05) is 38.3 Å². The lowest BCUT2D eigenvalue weighted by Gasteiger charge is -2.34. The van der Waals surface area contributed by atoms with Gasteiger partial charge in [-0.25, -0.2) is 0 Å². The van der Waals surface area contributed by atoms with E-state index in [9.17, 15) is 9.59 Å². The summed E-state index contributed by atoms with van der Waals surface area (Å²) in [5.41, 5.74) is 1.83. The molecule has 1 fully saturated rings. The normalized spacial score (nSPS) is 14.6. The molecule has 1 amide bonds. The second-order valence-corrected chi connectivity index (χ2v) is 6.85. The van der Waals surface area contributed by atoms with Gasteiger partial charge in [0.25, 0.3) is 5.91 Å². The summed E-state index contributed by atoms with van der Waals surface area (Å²) in [5, 5.41) is 0. The van der Waals surface area contributed by atoms with Gasteiger partial charge in [-0.05, 0) is 30.7 Å². The van der Waals surface area contributed by atoms with Gasteiger partial charge in [-0.15, -0.1) is 0 Å². The van der Waals surface area contributed by atoms with Crippen LogP contribution in [0.3, 0.4) is 0 Å². The van der Waals surface area contributed by atoms with Crippen LogP contribution >= 0.6 is 0 Å². The van der Waals surface area contributed by atoms with Crippen molar-refractivity contribution in [3.8, 4) is 11.5 Å². The minimum Gasteiger partial charge on any atom is -0.493 e. The smallest absolute Gasteiger partial charge is 0.260 e. The zero-order valence-corrected chi connectivity index (χ0v) is 16.4. The number of piperazine rings is 1. The fraction of sp³-hybridized carbons (Fsp3) is 0.364. The standard InChI is InChI=1S/C22H26N2O4/c1-17(25)19-8-9-20(21(14-19)27-2)28-16-22(26)24-12-10-23(11-13-24)15-18-6-4-3-5-7-18/h3-9,14H,10-13,15-16H2,1-2H3.